The molecule has 0 aliphatic heterocycles. The van der Waals surface area contributed by atoms with Gasteiger partial charge < -0.3 is 4.74 Å². The summed E-state index contributed by atoms with van der Waals surface area (Å²) in [6, 6.07) is 14.2. The number of nitrogens with zero attached hydrogens (tertiary/aromatic N) is 3. The molecule has 30 heavy (non-hydrogen) atoms. The maximum atomic E-state index is 14.2. The highest BCUT2D eigenvalue weighted by molar-refractivity contribution is 7.22. The molecule has 5 nitrogen and oxygen atoms in total. The standard InChI is InChI=1S/C23H20FN3O2S/c1-15-11-16(8-9-19(15)29-2)12-21(28)27(14-17-5-4-10-25-13-17)23-26-22-18(24)6-3-7-20(22)30-23/h3-11,13H,12,14H2,1-2H3. The van der Waals surface area contributed by atoms with Gasteiger partial charge in [0.1, 0.15) is 17.1 Å². The second kappa shape index (κ2) is 8.59. The van der Waals surface area contributed by atoms with Gasteiger partial charge in [0, 0.05) is 12.4 Å². The van der Waals surface area contributed by atoms with Crippen LogP contribution < -0.4 is 9.64 Å². The van der Waals surface area contributed by atoms with Gasteiger partial charge >= 0.3 is 0 Å². The Labute approximate surface area is 177 Å². The fraction of sp³-hybridized carbons (Fsp3) is 0.174. The van der Waals surface area contributed by atoms with Crippen LogP contribution in [-0.4, -0.2) is 23.0 Å². The molecule has 0 N–H and O–H groups in total. The molecule has 7 heteroatoms. The van der Waals surface area contributed by atoms with Crippen LogP contribution in [0.15, 0.2) is 60.9 Å². The minimum atomic E-state index is -0.394. The fourth-order valence-electron chi connectivity index (χ4n) is 3.28. The maximum absolute atomic E-state index is 14.2. The Bertz CT molecular complexity index is 1190. The number of aromatic nitrogens is 2. The summed E-state index contributed by atoms with van der Waals surface area (Å²) in [7, 11) is 1.62. The first kappa shape index (κ1) is 20.0. The van der Waals surface area contributed by atoms with Gasteiger partial charge in [0.05, 0.1) is 24.8 Å². The number of fused-ring (bicyclic) bond motifs is 1. The zero-order chi connectivity index (χ0) is 21.1. The molecule has 0 aliphatic carbocycles. The van der Waals surface area contributed by atoms with Crippen molar-refractivity contribution in [3.05, 3.63) is 83.4 Å². The number of hydrogen-bond donors (Lipinski definition) is 0. The number of amides is 1. The van der Waals surface area contributed by atoms with Gasteiger partial charge in [0.25, 0.3) is 0 Å². The van der Waals surface area contributed by atoms with E-state index in [-0.39, 0.29) is 17.8 Å². The van der Waals surface area contributed by atoms with Crippen LogP contribution in [-0.2, 0) is 17.8 Å². The number of benzene rings is 2. The van der Waals surface area contributed by atoms with Crippen molar-refractivity contribution in [2.75, 3.05) is 12.0 Å². The van der Waals surface area contributed by atoms with E-state index in [0.29, 0.717) is 16.4 Å². The number of pyridine rings is 1. The van der Waals surface area contributed by atoms with Crippen LogP contribution in [0.25, 0.3) is 10.2 Å². The average Bonchev–Trinajstić information content (AvgIpc) is 3.18. The van der Waals surface area contributed by atoms with Crippen molar-refractivity contribution < 1.29 is 13.9 Å². The second-order valence-electron chi connectivity index (χ2n) is 6.90. The van der Waals surface area contributed by atoms with Gasteiger partial charge in [-0.3, -0.25) is 14.7 Å². The van der Waals surface area contributed by atoms with Crippen molar-refractivity contribution in [1.82, 2.24) is 9.97 Å². The van der Waals surface area contributed by atoms with Crippen LogP contribution >= 0.6 is 11.3 Å². The molecule has 0 spiro atoms. The molecule has 0 saturated carbocycles. The number of halogens is 1. The number of anilines is 1. The van der Waals surface area contributed by atoms with Crippen molar-refractivity contribution in [1.29, 1.82) is 0 Å². The van der Waals surface area contributed by atoms with Gasteiger partial charge in [-0.15, -0.1) is 0 Å². The van der Waals surface area contributed by atoms with E-state index in [4.69, 9.17) is 4.74 Å². The highest BCUT2D eigenvalue weighted by Gasteiger charge is 2.22. The Kier molecular flexibility index (Phi) is 5.72. The Morgan fingerprint density at radius 3 is 2.73 bits per heavy atom. The van der Waals surface area contributed by atoms with Crippen molar-refractivity contribution in [2.24, 2.45) is 0 Å². The summed E-state index contributed by atoms with van der Waals surface area (Å²) in [5, 5.41) is 0.467. The van der Waals surface area contributed by atoms with Crippen molar-refractivity contribution in [3.8, 4) is 5.75 Å². The molecule has 0 saturated heterocycles. The summed E-state index contributed by atoms with van der Waals surface area (Å²) >= 11 is 1.30. The largest absolute Gasteiger partial charge is 0.496 e. The third kappa shape index (κ3) is 4.16. The SMILES string of the molecule is COc1ccc(CC(=O)N(Cc2cccnc2)c2nc3c(F)cccc3s2)cc1C. The van der Waals surface area contributed by atoms with Gasteiger partial charge in [-0.25, -0.2) is 9.37 Å². The quantitative estimate of drug-likeness (QED) is 0.443. The minimum absolute atomic E-state index is 0.122. The molecular formula is C23H20FN3O2S. The lowest BCUT2D eigenvalue weighted by Crippen LogP contribution is -2.31. The minimum Gasteiger partial charge on any atom is -0.496 e. The average molecular weight is 421 g/mol. The maximum Gasteiger partial charge on any atom is 0.233 e. The number of ether oxygens (including phenoxy) is 1. The molecule has 0 atom stereocenters. The predicted octanol–water partition coefficient (Wildman–Crippen LogP) is 4.92. The molecule has 2 aromatic heterocycles. The first-order chi connectivity index (χ1) is 14.5. The van der Waals surface area contributed by atoms with E-state index < -0.39 is 5.82 Å². The number of methoxy groups -OCH3 is 1. The van der Waals surface area contributed by atoms with Crippen LogP contribution in [0.1, 0.15) is 16.7 Å². The predicted molar refractivity (Wildman–Crippen MR) is 116 cm³/mol. The first-order valence-corrected chi connectivity index (χ1v) is 10.2. The summed E-state index contributed by atoms with van der Waals surface area (Å²) in [6.45, 7) is 2.25. The van der Waals surface area contributed by atoms with E-state index in [1.165, 1.54) is 17.4 Å². The van der Waals surface area contributed by atoms with E-state index in [1.807, 2.05) is 37.3 Å². The summed E-state index contributed by atoms with van der Waals surface area (Å²) in [5.41, 5.74) is 2.99. The normalized spacial score (nSPS) is 10.9. The Balaban J connectivity index is 1.68. The number of carbonyl (C=O) groups is 1. The lowest BCUT2D eigenvalue weighted by Gasteiger charge is -2.20. The van der Waals surface area contributed by atoms with E-state index in [0.717, 1.165) is 22.4 Å². The molecular weight excluding hydrogens is 401 g/mol. The topological polar surface area (TPSA) is 55.3 Å². The Hall–Kier alpha value is -3.32. The molecule has 0 unspecified atom stereocenters. The number of para-hydroxylation sites is 1. The van der Waals surface area contributed by atoms with Crippen LogP contribution in [0.3, 0.4) is 0 Å². The van der Waals surface area contributed by atoms with Crippen LogP contribution in [0.2, 0.25) is 0 Å². The lowest BCUT2D eigenvalue weighted by atomic mass is 10.1. The summed E-state index contributed by atoms with van der Waals surface area (Å²) in [5.74, 6) is 0.262. The van der Waals surface area contributed by atoms with E-state index in [1.54, 1.807) is 36.5 Å². The number of hydrogen-bond acceptors (Lipinski definition) is 5. The van der Waals surface area contributed by atoms with E-state index >= 15 is 0 Å². The first-order valence-electron chi connectivity index (χ1n) is 9.43. The summed E-state index contributed by atoms with van der Waals surface area (Å²) in [6.07, 6.45) is 3.60. The Morgan fingerprint density at radius 1 is 1.17 bits per heavy atom. The van der Waals surface area contributed by atoms with Gasteiger partial charge in [0.2, 0.25) is 5.91 Å². The molecule has 2 aromatic carbocycles. The van der Waals surface area contributed by atoms with Crippen LogP contribution in [0, 0.1) is 12.7 Å². The van der Waals surface area contributed by atoms with Gasteiger partial charge in [-0.1, -0.05) is 35.6 Å². The van der Waals surface area contributed by atoms with Crippen LogP contribution in [0.4, 0.5) is 9.52 Å². The molecule has 0 radical (unpaired) electrons. The molecule has 152 valence electrons. The third-order valence-corrected chi connectivity index (χ3v) is 5.81. The lowest BCUT2D eigenvalue weighted by molar-refractivity contribution is -0.118. The molecule has 2 heterocycles. The van der Waals surface area contributed by atoms with Gasteiger partial charge in [-0.2, -0.15) is 0 Å². The Morgan fingerprint density at radius 2 is 2.03 bits per heavy atom. The van der Waals surface area contributed by atoms with Crippen molar-refractivity contribution in [2.45, 2.75) is 19.9 Å². The van der Waals surface area contributed by atoms with E-state index in [2.05, 4.69) is 9.97 Å². The molecule has 4 rings (SSSR count). The number of thiazole rings is 1. The monoisotopic (exact) mass is 421 g/mol. The second-order valence-corrected chi connectivity index (χ2v) is 7.91. The van der Waals surface area contributed by atoms with Crippen LogP contribution in [0.5, 0.6) is 5.75 Å². The fourth-order valence-corrected chi connectivity index (χ4v) is 4.27. The molecule has 0 bridgehead atoms. The summed E-state index contributed by atoms with van der Waals surface area (Å²) < 4.78 is 20.2. The van der Waals surface area contributed by atoms with Gasteiger partial charge in [-0.05, 0) is 47.9 Å². The number of carbonyl (C=O) groups excluding carboxylic acids is 1. The van der Waals surface area contributed by atoms with Crippen molar-refractivity contribution >= 4 is 32.6 Å². The molecule has 1 amide bonds. The molecule has 0 aliphatic rings. The number of rotatable bonds is 6. The molecule has 0 fully saturated rings. The number of aryl methyl sites for hydroxylation is 1. The highest BCUT2D eigenvalue weighted by Crippen LogP contribution is 2.31. The summed E-state index contributed by atoms with van der Waals surface area (Å²) in [4.78, 5) is 23.4. The molecule has 4 aromatic rings. The highest BCUT2D eigenvalue weighted by atomic mass is 32.1. The van der Waals surface area contributed by atoms with Crippen molar-refractivity contribution in [3.63, 3.8) is 0 Å². The third-order valence-electron chi connectivity index (χ3n) is 4.77. The zero-order valence-electron chi connectivity index (χ0n) is 16.6. The zero-order valence-corrected chi connectivity index (χ0v) is 17.4. The van der Waals surface area contributed by atoms with E-state index in [9.17, 15) is 9.18 Å². The van der Waals surface area contributed by atoms with Gasteiger partial charge in [0.15, 0.2) is 5.13 Å². The smallest absolute Gasteiger partial charge is 0.233 e.